The molecule has 19 heavy (non-hydrogen) atoms. The molecule has 0 aliphatic carbocycles. The Hall–Kier alpha value is -2.03. The van der Waals surface area contributed by atoms with Crippen molar-refractivity contribution in [2.24, 2.45) is 0 Å². The molecule has 1 N–H and O–H groups in total. The number of pyridine rings is 1. The molecule has 3 rings (SSSR count). The first-order valence-electron chi connectivity index (χ1n) is 6.72. The predicted octanol–water partition coefficient (Wildman–Crippen LogP) is 2.99. The van der Waals surface area contributed by atoms with Gasteiger partial charge >= 0.3 is 0 Å². The Kier molecular flexibility index (Phi) is 3.11. The molecule has 0 radical (unpaired) electrons. The van der Waals surface area contributed by atoms with Crippen LogP contribution in [-0.2, 0) is 13.0 Å². The highest BCUT2D eigenvalue weighted by Gasteiger charge is 2.15. The van der Waals surface area contributed by atoms with E-state index < -0.39 is 0 Å². The van der Waals surface area contributed by atoms with Crippen molar-refractivity contribution in [2.45, 2.75) is 19.9 Å². The van der Waals surface area contributed by atoms with E-state index in [1.807, 2.05) is 19.2 Å². The number of rotatable bonds is 3. The van der Waals surface area contributed by atoms with Gasteiger partial charge in [-0.25, -0.2) is 0 Å². The maximum absolute atomic E-state index is 4.29. The number of nitrogens with one attached hydrogen (secondary N) is 1. The molecular formula is C16H19N3. The third-order valence-electron chi connectivity index (χ3n) is 3.76. The second-order valence-corrected chi connectivity index (χ2v) is 5.12. The van der Waals surface area contributed by atoms with E-state index in [9.17, 15) is 0 Å². The molecule has 2 aromatic rings. The second kappa shape index (κ2) is 4.92. The third-order valence-corrected chi connectivity index (χ3v) is 3.76. The number of fused-ring (bicyclic) bond motifs is 1. The Morgan fingerprint density at radius 2 is 2.21 bits per heavy atom. The Balaban J connectivity index is 1.73. The van der Waals surface area contributed by atoms with Crippen molar-refractivity contribution in [3.8, 4) is 0 Å². The van der Waals surface area contributed by atoms with Crippen LogP contribution in [0.1, 0.15) is 16.8 Å². The topological polar surface area (TPSA) is 28.2 Å². The molecule has 1 aliphatic heterocycles. The van der Waals surface area contributed by atoms with Gasteiger partial charge in [0, 0.05) is 32.0 Å². The van der Waals surface area contributed by atoms with Crippen molar-refractivity contribution in [1.29, 1.82) is 0 Å². The smallest absolute Gasteiger partial charge is 0.0603 e. The van der Waals surface area contributed by atoms with Gasteiger partial charge in [-0.3, -0.25) is 4.98 Å². The van der Waals surface area contributed by atoms with E-state index >= 15 is 0 Å². The fraction of sp³-hybridized carbons (Fsp3) is 0.312. The summed E-state index contributed by atoms with van der Waals surface area (Å²) in [6, 6.07) is 10.8. The summed E-state index contributed by atoms with van der Waals surface area (Å²) in [6.45, 7) is 4.01. The summed E-state index contributed by atoms with van der Waals surface area (Å²) in [5, 5.41) is 3.46. The molecule has 0 atom stereocenters. The van der Waals surface area contributed by atoms with Crippen LogP contribution in [0.5, 0.6) is 0 Å². The Bertz CT molecular complexity index is 592. The van der Waals surface area contributed by atoms with Crippen molar-refractivity contribution in [1.82, 2.24) is 4.98 Å². The first kappa shape index (κ1) is 12.0. The number of hydrogen-bond acceptors (Lipinski definition) is 3. The van der Waals surface area contributed by atoms with E-state index in [2.05, 4.69) is 46.5 Å². The zero-order valence-corrected chi connectivity index (χ0v) is 11.5. The van der Waals surface area contributed by atoms with Gasteiger partial charge in [-0.05, 0) is 42.7 Å². The number of hydrogen-bond donors (Lipinski definition) is 1. The monoisotopic (exact) mass is 253 g/mol. The highest BCUT2D eigenvalue weighted by atomic mass is 15.1. The molecule has 0 saturated heterocycles. The molecule has 0 bridgehead atoms. The standard InChI is InChI=1S/C16H19N3/c1-12-15(4-3-8-17-12)18-11-13-5-6-16-14(10-13)7-9-19(16)2/h3-6,8,10,18H,7,9,11H2,1-2H3. The van der Waals surface area contributed by atoms with Crippen LogP contribution in [0.4, 0.5) is 11.4 Å². The van der Waals surface area contributed by atoms with E-state index in [1.165, 1.54) is 16.8 Å². The van der Waals surface area contributed by atoms with Crippen LogP contribution >= 0.6 is 0 Å². The van der Waals surface area contributed by atoms with Gasteiger partial charge in [0.15, 0.2) is 0 Å². The predicted molar refractivity (Wildman–Crippen MR) is 79.7 cm³/mol. The normalized spacial score (nSPS) is 13.5. The van der Waals surface area contributed by atoms with E-state index in [-0.39, 0.29) is 0 Å². The fourth-order valence-corrected chi connectivity index (χ4v) is 2.60. The van der Waals surface area contributed by atoms with Crippen molar-refractivity contribution in [3.63, 3.8) is 0 Å². The van der Waals surface area contributed by atoms with Crippen LogP contribution in [0, 0.1) is 6.92 Å². The molecule has 0 spiro atoms. The van der Waals surface area contributed by atoms with Crippen molar-refractivity contribution < 1.29 is 0 Å². The molecule has 0 fully saturated rings. The first-order chi connectivity index (χ1) is 9.24. The van der Waals surface area contributed by atoms with Gasteiger partial charge in [0.25, 0.3) is 0 Å². The Morgan fingerprint density at radius 3 is 3.05 bits per heavy atom. The van der Waals surface area contributed by atoms with E-state index in [0.717, 1.165) is 30.9 Å². The molecule has 0 unspecified atom stereocenters. The zero-order valence-electron chi connectivity index (χ0n) is 11.5. The summed E-state index contributed by atoms with van der Waals surface area (Å²) < 4.78 is 0. The molecule has 3 heteroatoms. The molecule has 0 saturated carbocycles. The number of likely N-dealkylation sites (N-methyl/N-ethyl adjacent to an activating group) is 1. The summed E-state index contributed by atoms with van der Waals surface area (Å²) >= 11 is 0. The minimum absolute atomic E-state index is 0.851. The maximum Gasteiger partial charge on any atom is 0.0603 e. The molecule has 2 heterocycles. The van der Waals surface area contributed by atoms with Gasteiger partial charge in [0.2, 0.25) is 0 Å². The zero-order chi connectivity index (χ0) is 13.2. The quantitative estimate of drug-likeness (QED) is 0.911. The Morgan fingerprint density at radius 1 is 1.32 bits per heavy atom. The van der Waals surface area contributed by atoms with Crippen molar-refractivity contribution in [2.75, 3.05) is 23.8 Å². The van der Waals surface area contributed by atoms with Crippen LogP contribution in [-0.4, -0.2) is 18.6 Å². The third kappa shape index (κ3) is 2.41. The number of aryl methyl sites for hydroxylation is 1. The summed E-state index contributed by atoms with van der Waals surface area (Å²) in [7, 11) is 2.16. The maximum atomic E-state index is 4.29. The van der Waals surface area contributed by atoms with Gasteiger partial charge in [-0.15, -0.1) is 0 Å². The minimum Gasteiger partial charge on any atom is -0.380 e. The van der Waals surface area contributed by atoms with Crippen molar-refractivity contribution in [3.05, 3.63) is 53.3 Å². The molecule has 1 aliphatic rings. The van der Waals surface area contributed by atoms with Crippen LogP contribution in [0.3, 0.4) is 0 Å². The molecule has 1 aromatic carbocycles. The minimum atomic E-state index is 0.851. The van der Waals surface area contributed by atoms with Crippen LogP contribution in [0.15, 0.2) is 36.5 Å². The Labute approximate surface area is 114 Å². The number of nitrogens with zero attached hydrogens (tertiary/aromatic N) is 2. The molecule has 0 amide bonds. The fourth-order valence-electron chi connectivity index (χ4n) is 2.60. The van der Waals surface area contributed by atoms with Gasteiger partial charge in [0.1, 0.15) is 0 Å². The summed E-state index contributed by atoms with van der Waals surface area (Å²) in [6.07, 6.45) is 2.98. The lowest BCUT2D eigenvalue weighted by Gasteiger charge is -2.13. The van der Waals surface area contributed by atoms with Crippen molar-refractivity contribution >= 4 is 11.4 Å². The number of benzene rings is 1. The average Bonchev–Trinajstić information content (AvgIpc) is 2.79. The van der Waals surface area contributed by atoms with E-state index in [1.54, 1.807) is 0 Å². The SMILES string of the molecule is Cc1ncccc1NCc1ccc2c(c1)CCN2C. The summed E-state index contributed by atoms with van der Waals surface area (Å²) in [5.74, 6) is 0. The molecule has 1 aromatic heterocycles. The highest BCUT2D eigenvalue weighted by Crippen LogP contribution is 2.27. The van der Waals surface area contributed by atoms with Crippen LogP contribution in [0.2, 0.25) is 0 Å². The lowest BCUT2D eigenvalue weighted by atomic mass is 10.1. The summed E-state index contributed by atoms with van der Waals surface area (Å²) in [4.78, 5) is 6.61. The number of aromatic nitrogens is 1. The average molecular weight is 253 g/mol. The lowest BCUT2D eigenvalue weighted by Crippen LogP contribution is -2.12. The molecular weight excluding hydrogens is 234 g/mol. The van der Waals surface area contributed by atoms with Crippen LogP contribution in [0.25, 0.3) is 0 Å². The van der Waals surface area contributed by atoms with Gasteiger partial charge < -0.3 is 10.2 Å². The molecule has 3 nitrogen and oxygen atoms in total. The van der Waals surface area contributed by atoms with Crippen LogP contribution < -0.4 is 10.2 Å². The van der Waals surface area contributed by atoms with E-state index in [4.69, 9.17) is 0 Å². The van der Waals surface area contributed by atoms with Gasteiger partial charge in [-0.1, -0.05) is 12.1 Å². The lowest BCUT2D eigenvalue weighted by molar-refractivity contribution is 0.955. The largest absolute Gasteiger partial charge is 0.380 e. The van der Waals surface area contributed by atoms with Gasteiger partial charge in [-0.2, -0.15) is 0 Å². The first-order valence-corrected chi connectivity index (χ1v) is 6.72. The highest BCUT2D eigenvalue weighted by molar-refractivity contribution is 5.59. The number of anilines is 2. The van der Waals surface area contributed by atoms with E-state index in [0.29, 0.717) is 0 Å². The second-order valence-electron chi connectivity index (χ2n) is 5.12. The van der Waals surface area contributed by atoms with Gasteiger partial charge in [0.05, 0.1) is 11.4 Å². The molecule has 98 valence electrons. The summed E-state index contributed by atoms with van der Waals surface area (Å²) in [5.41, 5.74) is 6.33.